The van der Waals surface area contributed by atoms with Gasteiger partial charge in [0, 0.05) is 11.9 Å². The van der Waals surface area contributed by atoms with Crippen LogP contribution in [-0.4, -0.2) is 33.5 Å². The molecular weight excluding hydrogens is 330 g/mol. The third-order valence-electron chi connectivity index (χ3n) is 4.91. The third-order valence-corrected chi connectivity index (χ3v) is 4.91. The number of carboxylic acids is 1. The molecule has 0 spiro atoms. The van der Waals surface area contributed by atoms with Gasteiger partial charge in [-0.3, -0.25) is 4.79 Å². The van der Waals surface area contributed by atoms with E-state index in [9.17, 15) is 19.8 Å². The standard InChI is InChI=1S/C21H17NO4/c23-19-16-8-4-2-5-13(16)9-10-17(19)20(24)22-12-11-14-6-1-3-7-15(14)18(22)21(25)26/h1-10,18,23H,11-12H2,(H,25,26). The molecular formula is C21H17NO4. The van der Waals surface area contributed by atoms with Crippen molar-refractivity contribution in [3.05, 3.63) is 77.4 Å². The molecule has 0 bridgehead atoms. The molecule has 0 saturated carbocycles. The second-order valence-electron chi connectivity index (χ2n) is 6.37. The highest BCUT2D eigenvalue weighted by Gasteiger charge is 2.36. The number of phenols is 1. The summed E-state index contributed by atoms with van der Waals surface area (Å²) in [7, 11) is 0. The Labute approximate surface area is 150 Å². The van der Waals surface area contributed by atoms with Crippen LogP contribution in [0.5, 0.6) is 5.75 Å². The van der Waals surface area contributed by atoms with Gasteiger partial charge in [0.15, 0.2) is 6.04 Å². The lowest BCUT2D eigenvalue weighted by atomic mass is 9.91. The molecule has 0 aromatic heterocycles. The highest BCUT2D eigenvalue weighted by atomic mass is 16.4. The van der Waals surface area contributed by atoms with Crippen molar-refractivity contribution in [1.29, 1.82) is 0 Å². The number of carbonyl (C=O) groups is 2. The molecule has 2 N–H and O–H groups in total. The summed E-state index contributed by atoms with van der Waals surface area (Å²) in [5, 5.41) is 21.7. The molecule has 1 aliphatic rings. The van der Waals surface area contributed by atoms with Crippen LogP contribution in [0.3, 0.4) is 0 Å². The molecule has 1 amide bonds. The summed E-state index contributed by atoms with van der Waals surface area (Å²) in [4.78, 5) is 26.3. The Bertz CT molecular complexity index is 1030. The van der Waals surface area contributed by atoms with E-state index < -0.39 is 17.9 Å². The Balaban J connectivity index is 1.79. The fourth-order valence-electron chi connectivity index (χ4n) is 3.63. The van der Waals surface area contributed by atoms with Gasteiger partial charge in [-0.25, -0.2) is 4.79 Å². The minimum Gasteiger partial charge on any atom is -0.506 e. The number of hydrogen-bond donors (Lipinski definition) is 2. The van der Waals surface area contributed by atoms with Gasteiger partial charge >= 0.3 is 5.97 Å². The summed E-state index contributed by atoms with van der Waals surface area (Å²) in [5.41, 5.74) is 1.68. The molecule has 0 aliphatic carbocycles. The molecule has 1 aliphatic heterocycles. The fraction of sp³-hybridized carbons (Fsp3) is 0.143. The maximum atomic E-state index is 13.1. The van der Waals surface area contributed by atoms with Gasteiger partial charge in [0.25, 0.3) is 5.91 Å². The van der Waals surface area contributed by atoms with Crippen LogP contribution in [0.25, 0.3) is 10.8 Å². The molecule has 4 rings (SSSR count). The zero-order chi connectivity index (χ0) is 18.3. The van der Waals surface area contributed by atoms with Crippen LogP contribution in [0, 0.1) is 0 Å². The molecule has 1 atom stereocenters. The van der Waals surface area contributed by atoms with Crippen molar-refractivity contribution in [1.82, 2.24) is 4.90 Å². The lowest BCUT2D eigenvalue weighted by molar-refractivity contribution is -0.143. The monoisotopic (exact) mass is 347 g/mol. The van der Waals surface area contributed by atoms with E-state index in [0.717, 1.165) is 10.9 Å². The second-order valence-corrected chi connectivity index (χ2v) is 6.37. The summed E-state index contributed by atoms with van der Waals surface area (Å²) in [6.45, 7) is 0.291. The zero-order valence-corrected chi connectivity index (χ0v) is 13.9. The lowest BCUT2D eigenvalue weighted by Gasteiger charge is -2.35. The Morgan fingerprint density at radius 2 is 1.69 bits per heavy atom. The average molecular weight is 347 g/mol. The van der Waals surface area contributed by atoms with E-state index in [1.165, 1.54) is 4.90 Å². The second kappa shape index (κ2) is 6.19. The van der Waals surface area contributed by atoms with Gasteiger partial charge in [0.05, 0.1) is 5.56 Å². The van der Waals surface area contributed by atoms with Gasteiger partial charge in [0.2, 0.25) is 0 Å². The van der Waals surface area contributed by atoms with Crippen molar-refractivity contribution < 1.29 is 19.8 Å². The first-order chi connectivity index (χ1) is 12.6. The Hall–Kier alpha value is -3.34. The lowest BCUT2D eigenvalue weighted by Crippen LogP contribution is -2.43. The molecule has 5 nitrogen and oxygen atoms in total. The first-order valence-corrected chi connectivity index (χ1v) is 8.40. The number of carboxylic acid groups (broad SMARTS) is 1. The predicted molar refractivity (Wildman–Crippen MR) is 97.2 cm³/mol. The molecule has 0 radical (unpaired) electrons. The molecule has 0 fully saturated rings. The molecule has 0 saturated heterocycles. The Kier molecular flexibility index (Phi) is 3.84. The van der Waals surface area contributed by atoms with Crippen molar-refractivity contribution in [2.24, 2.45) is 0 Å². The largest absolute Gasteiger partial charge is 0.506 e. The van der Waals surface area contributed by atoms with Gasteiger partial charge in [0.1, 0.15) is 5.75 Å². The summed E-state index contributed by atoms with van der Waals surface area (Å²) >= 11 is 0. The van der Waals surface area contributed by atoms with E-state index in [-0.39, 0.29) is 11.3 Å². The number of phenolic OH excluding ortho intramolecular Hbond substituents is 1. The van der Waals surface area contributed by atoms with Crippen LogP contribution in [0.1, 0.15) is 27.5 Å². The van der Waals surface area contributed by atoms with Crippen LogP contribution in [0.4, 0.5) is 0 Å². The molecule has 3 aromatic carbocycles. The number of fused-ring (bicyclic) bond motifs is 2. The van der Waals surface area contributed by atoms with E-state index in [1.54, 1.807) is 36.4 Å². The minimum absolute atomic E-state index is 0.115. The topological polar surface area (TPSA) is 77.8 Å². The SMILES string of the molecule is O=C(O)C1c2ccccc2CCN1C(=O)c1ccc2ccccc2c1O. The van der Waals surface area contributed by atoms with Gasteiger partial charge in [-0.05, 0) is 29.0 Å². The zero-order valence-electron chi connectivity index (χ0n) is 13.9. The van der Waals surface area contributed by atoms with Crippen molar-refractivity contribution in [2.75, 3.05) is 6.54 Å². The molecule has 3 aromatic rings. The Morgan fingerprint density at radius 3 is 2.50 bits per heavy atom. The van der Waals surface area contributed by atoms with E-state index in [4.69, 9.17) is 0 Å². The fourth-order valence-corrected chi connectivity index (χ4v) is 3.63. The predicted octanol–water partition coefficient (Wildman–Crippen LogP) is 3.37. The smallest absolute Gasteiger partial charge is 0.331 e. The van der Waals surface area contributed by atoms with Gasteiger partial charge in [-0.15, -0.1) is 0 Å². The van der Waals surface area contributed by atoms with Crippen LogP contribution >= 0.6 is 0 Å². The number of aromatic hydroxyl groups is 1. The normalized spacial score (nSPS) is 16.3. The van der Waals surface area contributed by atoms with E-state index in [0.29, 0.717) is 23.9 Å². The number of benzene rings is 3. The van der Waals surface area contributed by atoms with E-state index in [1.807, 2.05) is 24.3 Å². The first-order valence-electron chi connectivity index (χ1n) is 8.40. The quantitative estimate of drug-likeness (QED) is 0.745. The van der Waals surface area contributed by atoms with Crippen LogP contribution in [-0.2, 0) is 11.2 Å². The number of rotatable bonds is 2. The summed E-state index contributed by atoms with van der Waals surface area (Å²) in [6.07, 6.45) is 0.583. The number of amides is 1. The van der Waals surface area contributed by atoms with Gasteiger partial charge in [-0.2, -0.15) is 0 Å². The molecule has 1 unspecified atom stereocenters. The van der Waals surface area contributed by atoms with Gasteiger partial charge < -0.3 is 15.1 Å². The summed E-state index contributed by atoms with van der Waals surface area (Å²) in [6, 6.07) is 16.8. The van der Waals surface area contributed by atoms with E-state index >= 15 is 0 Å². The first kappa shape index (κ1) is 16.1. The molecule has 1 heterocycles. The minimum atomic E-state index is -1.08. The van der Waals surface area contributed by atoms with Crippen LogP contribution in [0.15, 0.2) is 60.7 Å². The van der Waals surface area contributed by atoms with Crippen molar-refractivity contribution in [3.63, 3.8) is 0 Å². The average Bonchev–Trinajstić information content (AvgIpc) is 2.67. The number of nitrogens with zero attached hydrogens (tertiary/aromatic N) is 1. The van der Waals surface area contributed by atoms with E-state index in [2.05, 4.69) is 0 Å². The molecule has 5 heteroatoms. The number of aliphatic carboxylic acids is 1. The van der Waals surface area contributed by atoms with Crippen molar-refractivity contribution >= 4 is 22.6 Å². The summed E-state index contributed by atoms with van der Waals surface area (Å²) < 4.78 is 0. The van der Waals surface area contributed by atoms with Crippen LogP contribution < -0.4 is 0 Å². The third kappa shape index (κ3) is 2.49. The molecule has 130 valence electrons. The van der Waals surface area contributed by atoms with Crippen molar-refractivity contribution in [2.45, 2.75) is 12.5 Å². The summed E-state index contributed by atoms with van der Waals surface area (Å²) in [5.74, 6) is -1.67. The van der Waals surface area contributed by atoms with Crippen LogP contribution in [0.2, 0.25) is 0 Å². The number of hydrogen-bond acceptors (Lipinski definition) is 3. The van der Waals surface area contributed by atoms with Gasteiger partial charge in [-0.1, -0.05) is 54.6 Å². The highest BCUT2D eigenvalue weighted by molar-refractivity contribution is 6.04. The molecule has 26 heavy (non-hydrogen) atoms. The number of carbonyl (C=O) groups excluding carboxylic acids is 1. The maximum absolute atomic E-state index is 13.1. The maximum Gasteiger partial charge on any atom is 0.331 e. The highest BCUT2D eigenvalue weighted by Crippen LogP contribution is 2.34. The Morgan fingerprint density at radius 1 is 0.962 bits per heavy atom. The van der Waals surface area contributed by atoms with Crippen molar-refractivity contribution in [3.8, 4) is 5.75 Å².